The second kappa shape index (κ2) is 8.34. The molecule has 1 saturated heterocycles. The zero-order chi connectivity index (χ0) is 15.4. The second-order valence-electron chi connectivity index (χ2n) is 5.95. The molecular weight excluding hydrogens is 308 g/mol. The van der Waals surface area contributed by atoms with Crippen molar-refractivity contribution in [3.05, 3.63) is 65.7 Å². The van der Waals surface area contributed by atoms with Gasteiger partial charge in [0, 0.05) is 31.6 Å². The number of rotatable bonds is 5. The summed E-state index contributed by atoms with van der Waals surface area (Å²) in [5, 5.41) is 0. The molecule has 23 heavy (non-hydrogen) atoms. The fraction of sp³-hybridized carbons (Fsp3) is 0.368. The van der Waals surface area contributed by atoms with Gasteiger partial charge in [0.15, 0.2) is 0 Å². The summed E-state index contributed by atoms with van der Waals surface area (Å²) in [4.78, 5) is 2.44. The number of halogens is 1. The molecule has 2 aromatic rings. The van der Waals surface area contributed by atoms with Crippen LogP contribution in [0.1, 0.15) is 24.0 Å². The van der Waals surface area contributed by atoms with Crippen LogP contribution in [0.3, 0.4) is 0 Å². The SMILES string of the molecule is CCOc1ccc(CN2C[C@@H](N)[C@H](c3ccccc3)C2)cc1.Cl. The number of hydrogen-bond donors (Lipinski definition) is 1. The largest absolute Gasteiger partial charge is 0.494 e. The van der Waals surface area contributed by atoms with Gasteiger partial charge in [0.05, 0.1) is 6.61 Å². The monoisotopic (exact) mass is 332 g/mol. The van der Waals surface area contributed by atoms with Gasteiger partial charge in [-0.1, -0.05) is 42.5 Å². The van der Waals surface area contributed by atoms with Gasteiger partial charge in [-0.05, 0) is 30.2 Å². The summed E-state index contributed by atoms with van der Waals surface area (Å²) in [5.41, 5.74) is 9.02. The van der Waals surface area contributed by atoms with Crippen molar-refractivity contribution in [1.82, 2.24) is 4.90 Å². The Morgan fingerprint density at radius 3 is 2.39 bits per heavy atom. The van der Waals surface area contributed by atoms with E-state index in [9.17, 15) is 0 Å². The van der Waals surface area contributed by atoms with E-state index in [1.54, 1.807) is 0 Å². The lowest BCUT2D eigenvalue weighted by atomic mass is 9.95. The summed E-state index contributed by atoms with van der Waals surface area (Å²) < 4.78 is 5.49. The van der Waals surface area contributed by atoms with Crippen molar-refractivity contribution in [2.45, 2.75) is 25.4 Å². The number of ether oxygens (including phenoxy) is 1. The molecule has 0 aromatic heterocycles. The van der Waals surface area contributed by atoms with E-state index in [0.717, 1.165) is 25.4 Å². The number of benzene rings is 2. The van der Waals surface area contributed by atoms with Gasteiger partial charge in [0.25, 0.3) is 0 Å². The highest BCUT2D eigenvalue weighted by atomic mass is 35.5. The maximum atomic E-state index is 6.36. The molecule has 2 aromatic carbocycles. The third-order valence-corrected chi connectivity index (χ3v) is 4.31. The molecule has 0 spiro atoms. The van der Waals surface area contributed by atoms with Crippen LogP contribution in [0.15, 0.2) is 54.6 Å². The number of hydrogen-bond acceptors (Lipinski definition) is 3. The Balaban J connectivity index is 0.00000192. The quantitative estimate of drug-likeness (QED) is 0.911. The molecule has 0 radical (unpaired) electrons. The molecule has 124 valence electrons. The molecule has 0 amide bonds. The van der Waals surface area contributed by atoms with E-state index >= 15 is 0 Å². The molecule has 1 aliphatic rings. The Morgan fingerprint density at radius 1 is 1.04 bits per heavy atom. The standard InChI is InChI=1S/C19H24N2O.ClH/c1-2-22-17-10-8-15(9-11-17)12-21-13-18(19(20)14-21)16-6-4-3-5-7-16;/h3-11,18-19H,2,12-14,20H2,1H3;1H/t18-,19+;/m0./s1. The number of nitrogens with two attached hydrogens (primary N) is 1. The third-order valence-electron chi connectivity index (χ3n) is 4.31. The van der Waals surface area contributed by atoms with Crippen LogP contribution in [-0.4, -0.2) is 30.6 Å². The zero-order valence-corrected chi connectivity index (χ0v) is 14.3. The van der Waals surface area contributed by atoms with Crippen LogP contribution < -0.4 is 10.5 Å². The molecule has 3 rings (SSSR count). The molecule has 0 saturated carbocycles. The maximum Gasteiger partial charge on any atom is 0.119 e. The lowest BCUT2D eigenvalue weighted by molar-refractivity contribution is 0.322. The molecule has 2 N–H and O–H groups in total. The molecule has 0 aliphatic carbocycles. The predicted molar refractivity (Wildman–Crippen MR) is 97.3 cm³/mol. The van der Waals surface area contributed by atoms with Crippen LogP contribution in [-0.2, 0) is 6.54 Å². The van der Waals surface area contributed by atoms with Gasteiger partial charge >= 0.3 is 0 Å². The topological polar surface area (TPSA) is 38.5 Å². The van der Waals surface area contributed by atoms with Gasteiger partial charge in [-0.25, -0.2) is 0 Å². The number of likely N-dealkylation sites (tertiary alicyclic amines) is 1. The van der Waals surface area contributed by atoms with Gasteiger partial charge in [-0.3, -0.25) is 4.90 Å². The average molecular weight is 333 g/mol. The van der Waals surface area contributed by atoms with Crippen LogP contribution in [0.4, 0.5) is 0 Å². The lowest BCUT2D eigenvalue weighted by Gasteiger charge is -2.16. The fourth-order valence-electron chi connectivity index (χ4n) is 3.21. The van der Waals surface area contributed by atoms with Crippen LogP contribution in [0.2, 0.25) is 0 Å². The van der Waals surface area contributed by atoms with E-state index < -0.39 is 0 Å². The van der Waals surface area contributed by atoms with Gasteiger partial charge in [-0.2, -0.15) is 0 Å². The first-order valence-corrected chi connectivity index (χ1v) is 8.01. The summed E-state index contributed by atoms with van der Waals surface area (Å²) in [7, 11) is 0. The zero-order valence-electron chi connectivity index (χ0n) is 13.5. The van der Waals surface area contributed by atoms with E-state index in [0.29, 0.717) is 12.5 Å². The third kappa shape index (κ3) is 4.47. The summed E-state index contributed by atoms with van der Waals surface area (Å²) in [6.07, 6.45) is 0. The Labute approximate surface area is 144 Å². The van der Waals surface area contributed by atoms with Crippen molar-refractivity contribution < 1.29 is 4.74 Å². The minimum atomic E-state index is 0. The Hall–Kier alpha value is -1.55. The van der Waals surface area contributed by atoms with Crippen LogP contribution in [0, 0.1) is 0 Å². The van der Waals surface area contributed by atoms with Crippen molar-refractivity contribution in [2.24, 2.45) is 5.73 Å². The minimum Gasteiger partial charge on any atom is -0.494 e. The summed E-state index contributed by atoms with van der Waals surface area (Å²) in [6.45, 7) is 5.64. The Morgan fingerprint density at radius 2 is 1.74 bits per heavy atom. The van der Waals surface area contributed by atoms with E-state index in [2.05, 4.69) is 47.4 Å². The molecule has 1 aliphatic heterocycles. The molecule has 0 unspecified atom stereocenters. The van der Waals surface area contributed by atoms with Crippen molar-refractivity contribution in [2.75, 3.05) is 19.7 Å². The highest BCUT2D eigenvalue weighted by molar-refractivity contribution is 5.85. The highest BCUT2D eigenvalue weighted by Gasteiger charge is 2.30. The van der Waals surface area contributed by atoms with E-state index in [1.165, 1.54) is 11.1 Å². The Bertz CT molecular complexity index is 588. The first-order valence-electron chi connectivity index (χ1n) is 8.01. The highest BCUT2D eigenvalue weighted by Crippen LogP contribution is 2.27. The fourth-order valence-corrected chi connectivity index (χ4v) is 3.21. The second-order valence-corrected chi connectivity index (χ2v) is 5.95. The smallest absolute Gasteiger partial charge is 0.119 e. The summed E-state index contributed by atoms with van der Waals surface area (Å²) in [6, 6.07) is 19.2. The lowest BCUT2D eigenvalue weighted by Crippen LogP contribution is -2.28. The van der Waals surface area contributed by atoms with E-state index in [-0.39, 0.29) is 18.4 Å². The average Bonchev–Trinajstić information content (AvgIpc) is 2.91. The normalized spacial score (nSPS) is 21.0. The summed E-state index contributed by atoms with van der Waals surface area (Å²) in [5.74, 6) is 1.37. The van der Waals surface area contributed by atoms with Crippen molar-refractivity contribution in [3.63, 3.8) is 0 Å². The van der Waals surface area contributed by atoms with Crippen LogP contribution in [0.25, 0.3) is 0 Å². The van der Waals surface area contributed by atoms with Gasteiger partial charge in [0.1, 0.15) is 5.75 Å². The Kier molecular flexibility index (Phi) is 6.46. The molecule has 1 fully saturated rings. The molecule has 0 bridgehead atoms. The van der Waals surface area contributed by atoms with E-state index in [1.807, 2.05) is 19.1 Å². The van der Waals surface area contributed by atoms with Crippen LogP contribution in [0.5, 0.6) is 5.75 Å². The van der Waals surface area contributed by atoms with Gasteiger partial charge < -0.3 is 10.5 Å². The van der Waals surface area contributed by atoms with Gasteiger partial charge in [-0.15, -0.1) is 12.4 Å². The number of nitrogens with zero attached hydrogens (tertiary/aromatic N) is 1. The first kappa shape index (κ1) is 17.8. The minimum absolute atomic E-state index is 0. The maximum absolute atomic E-state index is 6.36. The molecule has 3 nitrogen and oxygen atoms in total. The van der Waals surface area contributed by atoms with Crippen molar-refractivity contribution in [3.8, 4) is 5.75 Å². The van der Waals surface area contributed by atoms with Crippen molar-refractivity contribution >= 4 is 12.4 Å². The molecule has 1 heterocycles. The van der Waals surface area contributed by atoms with E-state index in [4.69, 9.17) is 10.5 Å². The van der Waals surface area contributed by atoms with Crippen LogP contribution >= 0.6 is 12.4 Å². The molecule has 4 heteroatoms. The first-order chi connectivity index (χ1) is 10.8. The summed E-state index contributed by atoms with van der Waals surface area (Å²) >= 11 is 0. The van der Waals surface area contributed by atoms with Gasteiger partial charge in [0.2, 0.25) is 0 Å². The van der Waals surface area contributed by atoms with Crippen molar-refractivity contribution in [1.29, 1.82) is 0 Å². The molecule has 2 atom stereocenters. The molecular formula is C19H25ClN2O. The predicted octanol–water partition coefficient (Wildman–Crippen LogP) is 3.43.